The van der Waals surface area contributed by atoms with Crippen molar-refractivity contribution in [2.75, 3.05) is 18.3 Å². The largest absolute Gasteiger partial charge is 0.497 e. The number of rotatable bonds is 9. The number of thioether (sulfide) groups is 1. The van der Waals surface area contributed by atoms with Crippen LogP contribution in [0.3, 0.4) is 0 Å². The summed E-state index contributed by atoms with van der Waals surface area (Å²) in [6, 6.07) is 29.5. The Labute approximate surface area is 241 Å². The van der Waals surface area contributed by atoms with Gasteiger partial charge in [0.25, 0.3) is 23.6 Å². The van der Waals surface area contributed by atoms with Gasteiger partial charge < -0.3 is 15.4 Å². The third-order valence-electron chi connectivity index (χ3n) is 6.28. The third kappa shape index (κ3) is 6.37. The van der Waals surface area contributed by atoms with E-state index in [1.807, 2.05) is 0 Å². The van der Waals surface area contributed by atoms with Crippen LogP contribution in [0.1, 0.15) is 36.6 Å². The number of anilines is 1. The molecule has 9 heteroatoms. The Hall–Kier alpha value is -5.15. The van der Waals surface area contributed by atoms with Crippen LogP contribution in [0.2, 0.25) is 0 Å². The summed E-state index contributed by atoms with van der Waals surface area (Å²) in [7, 11) is 1.55. The molecule has 5 rings (SSSR count). The van der Waals surface area contributed by atoms with E-state index in [1.54, 1.807) is 116 Å². The minimum atomic E-state index is -0.511. The fourth-order valence-electron chi connectivity index (χ4n) is 4.17. The van der Waals surface area contributed by atoms with Crippen LogP contribution in [-0.4, -0.2) is 41.5 Å². The molecule has 1 heterocycles. The average molecular weight is 564 g/mol. The Balaban J connectivity index is 1.27. The fourth-order valence-corrected chi connectivity index (χ4v) is 5.01. The zero-order chi connectivity index (χ0) is 28.8. The SMILES string of the molecule is COc1cccc(/C=C(\NC(=O)c2ccccc2)C(=O)Nc2ccc(SCN3C(=O)c4ccccc4C3=O)cc2)c1. The second-order valence-electron chi connectivity index (χ2n) is 8.99. The van der Waals surface area contributed by atoms with Crippen LogP contribution < -0.4 is 15.4 Å². The lowest BCUT2D eigenvalue weighted by Gasteiger charge is -2.14. The highest BCUT2D eigenvalue weighted by molar-refractivity contribution is 7.99. The molecule has 41 heavy (non-hydrogen) atoms. The van der Waals surface area contributed by atoms with Gasteiger partial charge in [0.1, 0.15) is 11.4 Å². The van der Waals surface area contributed by atoms with E-state index in [9.17, 15) is 19.2 Å². The number of methoxy groups -OCH3 is 1. The van der Waals surface area contributed by atoms with Gasteiger partial charge in [0.05, 0.1) is 24.1 Å². The number of hydrogen-bond donors (Lipinski definition) is 2. The van der Waals surface area contributed by atoms with Crippen molar-refractivity contribution in [3.8, 4) is 5.75 Å². The molecule has 4 amide bonds. The molecule has 0 saturated carbocycles. The lowest BCUT2D eigenvalue weighted by molar-refractivity contribution is -0.113. The van der Waals surface area contributed by atoms with Crippen LogP contribution in [0.25, 0.3) is 6.08 Å². The van der Waals surface area contributed by atoms with Gasteiger partial charge in [-0.3, -0.25) is 24.1 Å². The van der Waals surface area contributed by atoms with Crippen LogP contribution in [0.5, 0.6) is 5.75 Å². The maximum atomic E-state index is 13.3. The van der Waals surface area contributed by atoms with Gasteiger partial charge in [-0.15, -0.1) is 11.8 Å². The number of hydrogen-bond acceptors (Lipinski definition) is 6. The van der Waals surface area contributed by atoms with Crippen LogP contribution in [-0.2, 0) is 4.79 Å². The molecule has 1 aliphatic heterocycles. The van der Waals surface area contributed by atoms with Gasteiger partial charge in [-0.1, -0.05) is 42.5 Å². The number of benzene rings is 4. The smallest absolute Gasteiger partial charge is 0.272 e. The summed E-state index contributed by atoms with van der Waals surface area (Å²) in [5.74, 6) is -0.776. The van der Waals surface area contributed by atoms with E-state index >= 15 is 0 Å². The van der Waals surface area contributed by atoms with Gasteiger partial charge in [-0.05, 0) is 72.3 Å². The second kappa shape index (κ2) is 12.4. The van der Waals surface area contributed by atoms with Crippen molar-refractivity contribution in [2.45, 2.75) is 4.90 Å². The monoisotopic (exact) mass is 563 g/mol. The minimum Gasteiger partial charge on any atom is -0.497 e. The molecule has 0 fully saturated rings. The van der Waals surface area contributed by atoms with Crippen LogP contribution in [0.15, 0.2) is 114 Å². The Morgan fingerprint density at radius 1 is 0.829 bits per heavy atom. The summed E-state index contributed by atoms with van der Waals surface area (Å²) in [5.41, 5.74) is 2.46. The van der Waals surface area contributed by atoms with Gasteiger partial charge in [0.15, 0.2) is 0 Å². The lowest BCUT2D eigenvalue weighted by Crippen LogP contribution is -2.30. The van der Waals surface area contributed by atoms with Gasteiger partial charge in [-0.2, -0.15) is 0 Å². The van der Waals surface area contributed by atoms with Crippen molar-refractivity contribution < 1.29 is 23.9 Å². The molecular formula is C32H25N3O5S. The van der Waals surface area contributed by atoms with E-state index in [0.29, 0.717) is 33.7 Å². The number of nitrogens with one attached hydrogen (secondary N) is 2. The standard InChI is InChI=1S/C32H25N3O5S/c1-40-24-11-7-8-21(18-24)19-28(34-29(36)22-9-3-2-4-10-22)30(37)33-23-14-16-25(17-15-23)41-20-35-31(38)26-12-5-6-13-27(26)32(35)39/h2-19H,20H2,1H3,(H,33,37)(H,34,36)/b28-19-. The van der Waals surface area contributed by atoms with Crippen molar-refractivity contribution in [2.24, 2.45) is 0 Å². The van der Waals surface area contributed by atoms with Gasteiger partial charge >= 0.3 is 0 Å². The molecule has 8 nitrogen and oxygen atoms in total. The Kier molecular flexibility index (Phi) is 8.26. The maximum absolute atomic E-state index is 13.3. The zero-order valence-corrected chi connectivity index (χ0v) is 22.8. The van der Waals surface area contributed by atoms with Crippen LogP contribution in [0.4, 0.5) is 5.69 Å². The van der Waals surface area contributed by atoms with Gasteiger partial charge in [0.2, 0.25) is 0 Å². The van der Waals surface area contributed by atoms with Crippen LogP contribution in [0, 0.1) is 0 Å². The first-order chi connectivity index (χ1) is 19.9. The normalized spacial score (nSPS) is 12.6. The third-order valence-corrected chi connectivity index (χ3v) is 7.28. The first-order valence-electron chi connectivity index (χ1n) is 12.6. The summed E-state index contributed by atoms with van der Waals surface area (Å²) in [5, 5.41) is 5.53. The van der Waals surface area contributed by atoms with E-state index in [1.165, 1.54) is 16.7 Å². The van der Waals surface area contributed by atoms with E-state index in [0.717, 1.165) is 4.90 Å². The molecular weight excluding hydrogens is 538 g/mol. The molecule has 0 atom stereocenters. The van der Waals surface area contributed by atoms with Crippen molar-refractivity contribution in [3.05, 3.63) is 131 Å². The molecule has 0 saturated heterocycles. The second-order valence-corrected chi connectivity index (χ2v) is 10.0. The van der Waals surface area contributed by atoms with Crippen LogP contribution >= 0.6 is 11.8 Å². The maximum Gasteiger partial charge on any atom is 0.272 e. The summed E-state index contributed by atoms with van der Waals surface area (Å²) in [4.78, 5) is 53.4. The molecule has 0 aromatic heterocycles. The van der Waals surface area contributed by atoms with Gasteiger partial charge in [0, 0.05) is 16.1 Å². The van der Waals surface area contributed by atoms with Crippen molar-refractivity contribution in [3.63, 3.8) is 0 Å². The first kappa shape index (κ1) is 27.4. The Morgan fingerprint density at radius 3 is 2.15 bits per heavy atom. The number of carbonyl (C=O) groups excluding carboxylic acids is 4. The highest BCUT2D eigenvalue weighted by Gasteiger charge is 2.34. The molecule has 0 aliphatic carbocycles. The summed E-state index contributed by atoms with van der Waals surface area (Å²) < 4.78 is 5.28. The molecule has 4 aromatic rings. The number of nitrogens with zero attached hydrogens (tertiary/aromatic N) is 1. The van der Waals surface area contributed by atoms with Crippen molar-refractivity contribution in [1.82, 2.24) is 10.2 Å². The summed E-state index contributed by atoms with van der Waals surface area (Å²) in [6.45, 7) is 0. The van der Waals surface area contributed by atoms with E-state index in [-0.39, 0.29) is 23.4 Å². The lowest BCUT2D eigenvalue weighted by atomic mass is 10.1. The predicted molar refractivity (Wildman–Crippen MR) is 158 cm³/mol. The van der Waals surface area contributed by atoms with E-state index < -0.39 is 11.8 Å². The van der Waals surface area contributed by atoms with Crippen molar-refractivity contribution in [1.29, 1.82) is 0 Å². The van der Waals surface area contributed by atoms with Gasteiger partial charge in [-0.25, -0.2) is 0 Å². The highest BCUT2D eigenvalue weighted by Crippen LogP contribution is 2.28. The Bertz CT molecular complexity index is 1620. The molecule has 0 bridgehead atoms. The molecule has 0 unspecified atom stereocenters. The summed E-state index contributed by atoms with van der Waals surface area (Å²) >= 11 is 1.33. The summed E-state index contributed by atoms with van der Waals surface area (Å²) in [6.07, 6.45) is 1.57. The fraction of sp³-hybridized carbons (Fsp3) is 0.0625. The molecule has 204 valence electrons. The minimum absolute atomic E-state index is 0.0520. The topological polar surface area (TPSA) is 105 Å². The highest BCUT2D eigenvalue weighted by atomic mass is 32.2. The number of fused-ring (bicyclic) bond motifs is 1. The molecule has 2 N–H and O–H groups in total. The predicted octanol–water partition coefficient (Wildman–Crippen LogP) is 5.45. The van der Waals surface area contributed by atoms with E-state index in [4.69, 9.17) is 4.74 Å². The Morgan fingerprint density at radius 2 is 1.49 bits per heavy atom. The molecule has 0 radical (unpaired) electrons. The zero-order valence-electron chi connectivity index (χ0n) is 22.0. The number of imide groups is 1. The molecule has 4 aromatic carbocycles. The number of amides is 4. The molecule has 0 spiro atoms. The van der Waals surface area contributed by atoms with Crippen molar-refractivity contribution >= 4 is 47.2 Å². The van der Waals surface area contributed by atoms with E-state index in [2.05, 4.69) is 10.6 Å². The number of carbonyl (C=O) groups is 4. The number of ether oxygens (including phenoxy) is 1. The first-order valence-corrected chi connectivity index (χ1v) is 13.6. The quantitative estimate of drug-likeness (QED) is 0.159. The average Bonchev–Trinajstić information content (AvgIpc) is 3.25. The molecule has 1 aliphatic rings.